The first kappa shape index (κ1) is 12.7. The van der Waals surface area contributed by atoms with Crippen LogP contribution in [-0.2, 0) is 4.74 Å². The summed E-state index contributed by atoms with van der Waals surface area (Å²) >= 11 is 0. The Bertz CT molecular complexity index is 504. The van der Waals surface area contributed by atoms with Crippen LogP contribution in [0.15, 0.2) is 41.4 Å². The lowest BCUT2D eigenvalue weighted by Crippen LogP contribution is -1.95. The van der Waals surface area contributed by atoms with Gasteiger partial charge in [0, 0.05) is 17.3 Å². The van der Waals surface area contributed by atoms with E-state index in [1.165, 1.54) is 13.3 Å². The number of benzene rings is 1. The van der Waals surface area contributed by atoms with E-state index >= 15 is 0 Å². The lowest BCUT2D eigenvalue weighted by atomic mass is 10.1. The third-order valence-corrected chi connectivity index (χ3v) is 1.90. The Morgan fingerprint density at radius 2 is 2.18 bits per heavy atom. The van der Waals surface area contributed by atoms with E-state index in [1.807, 2.05) is 37.3 Å². The monoisotopic (exact) mass is 227 g/mol. The van der Waals surface area contributed by atoms with E-state index in [4.69, 9.17) is 0 Å². The van der Waals surface area contributed by atoms with Gasteiger partial charge in [0.2, 0.25) is 0 Å². The van der Waals surface area contributed by atoms with Crippen LogP contribution in [0.1, 0.15) is 18.1 Å². The molecule has 0 bridgehead atoms. The molecule has 0 unspecified atom stereocenters. The maximum atomic E-state index is 10.9. The molecule has 0 radical (unpaired) electrons. The molecule has 3 heteroatoms. The van der Waals surface area contributed by atoms with Gasteiger partial charge >= 0.3 is 6.09 Å². The van der Waals surface area contributed by atoms with Gasteiger partial charge < -0.3 is 4.74 Å². The predicted octanol–water partition coefficient (Wildman–Crippen LogP) is 2.80. The van der Waals surface area contributed by atoms with Gasteiger partial charge in [-0.2, -0.15) is 4.99 Å². The number of methoxy groups -OCH3 is 1. The summed E-state index contributed by atoms with van der Waals surface area (Å²) in [5.41, 5.74) is 1.60. The van der Waals surface area contributed by atoms with Crippen LogP contribution < -0.4 is 0 Å². The summed E-state index contributed by atoms with van der Waals surface area (Å²) in [6, 6.07) is 7.45. The number of aliphatic imine (C=N–C) groups is 1. The van der Waals surface area contributed by atoms with Gasteiger partial charge in [0.05, 0.1) is 7.11 Å². The Kier molecular flexibility index (Phi) is 5.26. The SMILES string of the molecule is C/C=C/C#Cc1ccccc1/C=N/C(=O)OC. The van der Waals surface area contributed by atoms with Crippen molar-refractivity contribution in [1.29, 1.82) is 0 Å². The molecule has 0 saturated heterocycles. The number of nitrogens with zero attached hydrogens (tertiary/aromatic N) is 1. The lowest BCUT2D eigenvalue weighted by Gasteiger charge is -1.96. The number of allylic oxidation sites excluding steroid dienone is 2. The van der Waals surface area contributed by atoms with Gasteiger partial charge in [-0.15, -0.1) is 0 Å². The minimum atomic E-state index is -0.624. The quantitative estimate of drug-likeness (QED) is 0.546. The first-order valence-electron chi connectivity index (χ1n) is 5.11. The van der Waals surface area contributed by atoms with Gasteiger partial charge in [0.15, 0.2) is 0 Å². The zero-order chi connectivity index (χ0) is 12.5. The molecule has 1 rings (SSSR count). The van der Waals surface area contributed by atoms with E-state index in [1.54, 1.807) is 6.08 Å². The van der Waals surface area contributed by atoms with Crippen molar-refractivity contribution in [3.63, 3.8) is 0 Å². The number of amides is 1. The van der Waals surface area contributed by atoms with Gasteiger partial charge in [-0.25, -0.2) is 4.79 Å². The van der Waals surface area contributed by atoms with Crippen molar-refractivity contribution in [1.82, 2.24) is 0 Å². The van der Waals surface area contributed by atoms with E-state index in [-0.39, 0.29) is 0 Å². The van der Waals surface area contributed by atoms with Crippen LogP contribution in [0.2, 0.25) is 0 Å². The molecule has 0 aliphatic rings. The first-order chi connectivity index (χ1) is 8.27. The summed E-state index contributed by atoms with van der Waals surface area (Å²) in [6.07, 6.45) is 4.44. The average molecular weight is 227 g/mol. The average Bonchev–Trinajstić information content (AvgIpc) is 2.37. The van der Waals surface area contributed by atoms with Gasteiger partial charge in [0.1, 0.15) is 0 Å². The van der Waals surface area contributed by atoms with E-state index in [2.05, 4.69) is 21.6 Å². The van der Waals surface area contributed by atoms with Gasteiger partial charge in [0.25, 0.3) is 0 Å². The molecule has 0 fully saturated rings. The highest BCUT2D eigenvalue weighted by molar-refractivity contribution is 5.90. The van der Waals surface area contributed by atoms with Crippen LogP contribution in [0.25, 0.3) is 0 Å². The fraction of sp³-hybridized carbons (Fsp3) is 0.143. The van der Waals surface area contributed by atoms with Crippen molar-refractivity contribution in [2.24, 2.45) is 4.99 Å². The summed E-state index contributed by atoms with van der Waals surface area (Å²) in [5.74, 6) is 5.86. The fourth-order valence-corrected chi connectivity index (χ4v) is 1.10. The highest BCUT2D eigenvalue weighted by Gasteiger charge is 1.97. The van der Waals surface area contributed by atoms with Crippen LogP contribution in [0.4, 0.5) is 4.79 Å². The van der Waals surface area contributed by atoms with Gasteiger partial charge in [-0.1, -0.05) is 36.1 Å². The van der Waals surface area contributed by atoms with E-state index in [0.717, 1.165) is 11.1 Å². The maximum Gasteiger partial charge on any atom is 0.433 e. The number of carbonyl (C=O) groups excluding carboxylic acids is 1. The molecule has 1 aromatic rings. The molecule has 0 aliphatic heterocycles. The molecule has 0 aliphatic carbocycles. The molecule has 1 amide bonds. The maximum absolute atomic E-state index is 10.9. The topological polar surface area (TPSA) is 38.7 Å². The number of hydrogen-bond acceptors (Lipinski definition) is 2. The lowest BCUT2D eigenvalue weighted by molar-refractivity contribution is 0.183. The van der Waals surface area contributed by atoms with Crippen molar-refractivity contribution in [2.75, 3.05) is 7.11 Å². The summed E-state index contributed by atoms with van der Waals surface area (Å²) < 4.78 is 4.43. The molecule has 0 heterocycles. The number of rotatable bonds is 1. The third-order valence-electron chi connectivity index (χ3n) is 1.90. The Balaban J connectivity index is 2.97. The molecule has 0 saturated carbocycles. The first-order valence-corrected chi connectivity index (χ1v) is 5.11. The molecule has 0 spiro atoms. The molecule has 86 valence electrons. The molecule has 3 nitrogen and oxygen atoms in total. The molecule has 17 heavy (non-hydrogen) atoms. The Hall–Kier alpha value is -2.34. The minimum absolute atomic E-state index is 0.624. The Morgan fingerprint density at radius 3 is 2.88 bits per heavy atom. The summed E-state index contributed by atoms with van der Waals surface area (Å²) in [6.45, 7) is 1.90. The van der Waals surface area contributed by atoms with E-state index in [0.29, 0.717) is 0 Å². The summed E-state index contributed by atoms with van der Waals surface area (Å²) in [5, 5.41) is 0. The smallest absolute Gasteiger partial charge is 0.433 e. The second-order valence-corrected chi connectivity index (χ2v) is 3.08. The minimum Gasteiger partial charge on any atom is -0.451 e. The van der Waals surface area contributed by atoms with Crippen molar-refractivity contribution < 1.29 is 9.53 Å². The number of ether oxygens (including phenoxy) is 1. The zero-order valence-electron chi connectivity index (χ0n) is 9.81. The highest BCUT2D eigenvalue weighted by Crippen LogP contribution is 2.04. The van der Waals surface area contributed by atoms with Crippen LogP contribution >= 0.6 is 0 Å². The Morgan fingerprint density at radius 1 is 1.41 bits per heavy atom. The molecule has 0 aromatic heterocycles. The van der Waals surface area contributed by atoms with Crippen LogP contribution in [-0.4, -0.2) is 19.4 Å². The summed E-state index contributed by atoms with van der Waals surface area (Å²) in [7, 11) is 1.29. The molecule has 1 aromatic carbocycles. The highest BCUT2D eigenvalue weighted by atomic mass is 16.5. The molecule has 0 atom stereocenters. The van der Waals surface area contributed by atoms with Crippen molar-refractivity contribution >= 4 is 12.3 Å². The van der Waals surface area contributed by atoms with E-state index in [9.17, 15) is 4.79 Å². The van der Waals surface area contributed by atoms with Crippen LogP contribution in [0.5, 0.6) is 0 Å². The van der Waals surface area contributed by atoms with Crippen molar-refractivity contribution in [3.8, 4) is 11.8 Å². The predicted molar refractivity (Wildman–Crippen MR) is 68.1 cm³/mol. The van der Waals surface area contributed by atoms with Gasteiger partial charge in [-0.05, 0) is 19.1 Å². The third kappa shape index (κ3) is 4.35. The van der Waals surface area contributed by atoms with E-state index < -0.39 is 6.09 Å². The van der Waals surface area contributed by atoms with Crippen molar-refractivity contribution in [2.45, 2.75) is 6.92 Å². The molecular weight excluding hydrogens is 214 g/mol. The molecule has 0 N–H and O–H groups in total. The number of hydrogen-bond donors (Lipinski definition) is 0. The second-order valence-electron chi connectivity index (χ2n) is 3.08. The standard InChI is InChI=1S/C14H13NO2/c1-3-4-5-8-12-9-6-7-10-13(12)11-15-14(16)17-2/h3-4,6-7,9-11H,1-2H3/b4-3+,15-11+. The second kappa shape index (κ2) is 7.02. The number of carbonyl (C=O) groups is 1. The Labute approximate surface area is 101 Å². The van der Waals surface area contributed by atoms with Gasteiger partial charge in [-0.3, -0.25) is 0 Å². The molecular formula is C14H13NO2. The largest absolute Gasteiger partial charge is 0.451 e. The van der Waals surface area contributed by atoms with Crippen LogP contribution in [0.3, 0.4) is 0 Å². The van der Waals surface area contributed by atoms with Crippen molar-refractivity contribution in [3.05, 3.63) is 47.5 Å². The normalized spacial score (nSPS) is 10.2. The fourth-order valence-electron chi connectivity index (χ4n) is 1.10. The van der Waals surface area contributed by atoms with Crippen LogP contribution in [0, 0.1) is 11.8 Å². The summed E-state index contributed by atoms with van der Waals surface area (Å²) in [4.78, 5) is 14.5. The zero-order valence-corrected chi connectivity index (χ0v) is 9.81.